The predicted octanol–water partition coefficient (Wildman–Crippen LogP) is 10.2. The van der Waals surface area contributed by atoms with Gasteiger partial charge < -0.3 is 0 Å². The molecule has 4 nitrogen and oxygen atoms in total. The Morgan fingerprint density at radius 2 is 1.54 bits per heavy atom. The van der Waals surface area contributed by atoms with Crippen LogP contribution in [-0.4, -0.2) is 22.4 Å². The van der Waals surface area contributed by atoms with Crippen LogP contribution < -0.4 is 0 Å². The Morgan fingerprint density at radius 1 is 0.739 bits per heavy atom. The third-order valence-corrected chi connectivity index (χ3v) is 7.76. The molecule has 6 rings (SSSR count). The van der Waals surface area contributed by atoms with E-state index in [1.807, 2.05) is 36.4 Å². The average molecular weight is 595 g/mol. The molecule has 0 saturated heterocycles. The van der Waals surface area contributed by atoms with Crippen molar-refractivity contribution in [2.45, 2.75) is 12.8 Å². The van der Waals surface area contributed by atoms with E-state index < -0.39 is 0 Å². The zero-order chi connectivity index (χ0) is 31.6. The van der Waals surface area contributed by atoms with E-state index in [0.717, 1.165) is 51.6 Å². The van der Waals surface area contributed by atoms with Gasteiger partial charge in [0.2, 0.25) is 0 Å². The first-order valence-electron chi connectivity index (χ1n) is 15.3. The van der Waals surface area contributed by atoms with Crippen molar-refractivity contribution < 1.29 is 0 Å². The predicted molar refractivity (Wildman–Crippen MR) is 194 cm³/mol. The van der Waals surface area contributed by atoms with Gasteiger partial charge >= 0.3 is 0 Å². The van der Waals surface area contributed by atoms with Gasteiger partial charge in [0.1, 0.15) is 0 Å². The van der Waals surface area contributed by atoms with Crippen LogP contribution in [0.15, 0.2) is 175 Å². The van der Waals surface area contributed by atoms with Crippen LogP contribution in [0.1, 0.15) is 22.4 Å². The summed E-state index contributed by atoms with van der Waals surface area (Å²) in [7, 11) is 0. The highest BCUT2D eigenvalue weighted by Gasteiger charge is 2.11. The summed E-state index contributed by atoms with van der Waals surface area (Å²) in [5.74, 6) is 0. The lowest BCUT2D eigenvalue weighted by atomic mass is 9.96. The summed E-state index contributed by atoms with van der Waals surface area (Å²) in [6.45, 7) is 7.60. The molecule has 4 aromatic carbocycles. The topological polar surface area (TPSA) is 50.5 Å². The molecule has 46 heavy (non-hydrogen) atoms. The zero-order valence-corrected chi connectivity index (χ0v) is 25.6. The molecule has 222 valence electrons. The van der Waals surface area contributed by atoms with Crippen LogP contribution >= 0.6 is 0 Å². The van der Waals surface area contributed by atoms with Gasteiger partial charge in [0.05, 0.1) is 22.8 Å². The van der Waals surface area contributed by atoms with Crippen LogP contribution in [-0.2, 0) is 12.8 Å². The molecule has 0 radical (unpaired) electrons. The summed E-state index contributed by atoms with van der Waals surface area (Å²) in [4.78, 5) is 18.4. The molecule has 2 heterocycles. The third kappa shape index (κ3) is 7.20. The number of hydrogen-bond donors (Lipinski definition) is 0. The molecule has 0 spiro atoms. The van der Waals surface area contributed by atoms with E-state index >= 15 is 0 Å². The first kappa shape index (κ1) is 30.0. The number of pyridine rings is 2. The van der Waals surface area contributed by atoms with Gasteiger partial charge in [-0.05, 0) is 82.2 Å². The van der Waals surface area contributed by atoms with Gasteiger partial charge in [0.15, 0.2) is 0 Å². The van der Waals surface area contributed by atoms with E-state index in [1.54, 1.807) is 12.4 Å². The van der Waals surface area contributed by atoms with E-state index in [4.69, 9.17) is 9.98 Å². The monoisotopic (exact) mass is 594 g/mol. The first-order valence-corrected chi connectivity index (χ1v) is 15.3. The van der Waals surface area contributed by atoms with E-state index in [2.05, 4.69) is 132 Å². The molecular formula is C42H34N4. The van der Waals surface area contributed by atoms with Crippen molar-refractivity contribution in [2.75, 3.05) is 0 Å². The third-order valence-electron chi connectivity index (χ3n) is 7.76. The molecule has 2 aromatic heterocycles. The lowest BCUT2D eigenvalue weighted by Gasteiger charge is -2.13. The number of aromatic nitrogens is 2. The molecule has 0 amide bonds. The van der Waals surface area contributed by atoms with Crippen molar-refractivity contribution >= 4 is 28.9 Å². The fourth-order valence-electron chi connectivity index (χ4n) is 5.49. The normalized spacial score (nSPS) is 11.8. The fraction of sp³-hybridized carbons (Fsp3) is 0.0476. The highest BCUT2D eigenvalue weighted by molar-refractivity contribution is 6.10. The van der Waals surface area contributed by atoms with Crippen LogP contribution in [0.2, 0.25) is 0 Å². The molecular weight excluding hydrogens is 560 g/mol. The van der Waals surface area contributed by atoms with Crippen LogP contribution in [0.25, 0.3) is 33.3 Å². The summed E-state index contributed by atoms with van der Waals surface area (Å²) in [5.41, 5.74) is 10.0. The molecule has 0 unspecified atom stereocenters. The van der Waals surface area contributed by atoms with Gasteiger partial charge in [-0.25, -0.2) is 4.99 Å². The minimum absolute atomic E-state index is 0.678. The number of hydrogen-bond acceptors (Lipinski definition) is 4. The van der Waals surface area contributed by atoms with Crippen molar-refractivity contribution in [2.24, 2.45) is 9.98 Å². The Hall–Kier alpha value is -6.00. The maximum absolute atomic E-state index is 5.18. The van der Waals surface area contributed by atoms with Crippen molar-refractivity contribution in [1.29, 1.82) is 0 Å². The van der Waals surface area contributed by atoms with E-state index in [9.17, 15) is 0 Å². The molecule has 6 aromatic rings. The maximum Gasteiger partial charge on any atom is 0.0895 e. The van der Waals surface area contributed by atoms with Crippen molar-refractivity contribution in [3.8, 4) is 22.5 Å². The molecule has 0 atom stereocenters. The van der Waals surface area contributed by atoms with Gasteiger partial charge in [-0.2, -0.15) is 0 Å². The fourth-order valence-corrected chi connectivity index (χ4v) is 5.49. The number of nitrogens with zero attached hydrogens (tertiary/aromatic N) is 4. The molecule has 0 aliphatic rings. The summed E-state index contributed by atoms with van der Waals surface area (Å²) >= 11 is 0. The van der Waals surface area contributed by atoms with Gasteiger partial charge in [0.25, 0.3) is 0 Å². The number of rotatable bonds is 11. The Labute approximate surface area is 270 Å². The Kier molecular flexibility index (Phi) is 9.57. The molecule has 4 heteroatoms. The minimum Gasteiger partial charge on any atom is -0.273 e. The maximum atomic E-state index is 5.18. The van der Waals surface area contributed by atoms with Gasteiger partial charge in [-0.15, -0.1) is 0 Å². The quantitative estimate of drug-likeness (QED) is 0.111. The Balaban J connectivity index is 1.35. The average Bonchev–Trinajstić information content (AvgIpc) is 3.12. The number of allylic oxidation sites excluding steroid dienone is 4. The molecule has 0 aliphatic carbocycles. The second-order valence-electron chi connectivity index (χ2n) is 10.8. The highest BCUT2D eigenvalue weighted by Crippen LogP contribution is 2.32. The van der Waals surface area contributed by atoms with Crippen molar-refractivity contribution in [3.05, 3.63) is 187 Å². The molecule has 0 aliphatic heterocycles. The number of aliphatic imine (C=N–C) groups is 2. The lowest BCUT2D eigenvalue weighted by molar-refractivity contribution is 1.10. The molecule has 0 N–H and O–H groups in total. The first-order chi connectivity index (χ1) is 22.7. The van der Waals surface area contributed by atoms with Crippen LogP contribution in [0.3, 0.4) is 0 Å². The van der Waals surface area contributed by atoms with Crippen molar-refractivity contribution in [1.82, 2.24) is 9.97 Å². The van der Waals surface area contributed by atoms with Gasteiger partial charge in [0, 0.05) is 36.5 Å². The Bertz CT molecular complexity index is 2060. The second-order valence-corrected chi connectivity index (χ2v) is 10.8. The lowest BCUT2D eigenvalue weighted by Crippen LogP contribution is -1.98. The van der Waals surface area contributed by atoms with Gasteiger partial charge in [-0.1, -0.05) is 110 Å². The number of fused-ring (bicyclic) bond motifs is 1. The summed E-state index contributed by atoms with van der Waals surface area (Å²) in [6, 6.07) is 41.9. The van der Waals surface area contributed by atoms with Gasteiger partial charge in [-0.3, -0.25) is 15.0 Å². The smallest absolute Gasteiger partial charge is 0.0895 e. The summed E-state index contributed by atoms with van der Waals surface area (Å²) in [6.07, 6.45) is 12.6. The highest BCUT2D eigenvalue weighted by atomic mass is 14.8. The molecule has 0 fully saturated rings. The molecule has 0 bridgehead atoms. The van der Waals surface area contributed by atoms with E-state index in [0.29, 0.717) is 6.42 Å². The van der Waals surface area contributed by atoms with Crippen LogP contribution in [0, 0.1) is 0 Å². The zero-order valence-electron chi connectivity index (χ0n) is 25.6. The summed E-state index contributed by atoms with van der Waals surface area (Å²) < 4.78 is 0. The minimum atomic E-state index is 0.678. The largest absolute Gasteiger partial charge is 0.273 e. The Morgan fingerprint density at radius 3 is 2.33 bits per heavy atom. The summed E-state index contributed by atoms with van der Waals surface area (Å²) in [5, 5.41) is 2.42. The van der Waals surface area contributed by atoms with Crippen molar-refractivity contribution in [3.63, 3.8) is 0 Å². The van der Waals surface area contributed by atoms with Crippen LogP contribution in [0.5, 0.6) is 0 Å². The standard InChI is InChI=1S/C42H34N4/c1-3-39(46-40-25-24-33-16-9-10-18-37(33)38(40)28-31-14-6-4-7-15-31)34-22-20-32(21-23-34)35-29-36(17-8-5-12-26-43-2)45-42(30-35)41-19-11-13-27-44-41/h3-16,18-27,29-30H,1-2,17,28H2/b8-5-,26-12-,46-39+. The SMILES string of the molecule is C=C/C(=N\c1ccc2ccccc2c1Cc1ccccc1)c1ccc(-c2cc(C/C=C\C=C/N=C)nc(-c3ccccn3)c2)cc1. The molecule has 0 saturated carbocycles. The van der Waals surface area contributed by atoms with Crippen LogP contribution in [0.4, 0.5) is 5.69 Å². The second kappa shape index (κ2) is 14.7. The van der Waals surface area contributed by atoms with E-state index in [1.165, 1.54) is 21.9 Å². The van der Waals surface area contributed by atoms with E-state index in [-0.39, 0.29) is 0 Å². The number of benzene rings is 4.